The van der Waals surface area contributed by atoms with E-state index in [0.717, 1.165) is 12.7 Å². The zero-order valence-electron chi connectivity index (χ0n) is 11.2. The lowest BCUT2D eigenvalue weighted by Crippen LogP contribution is -2.22. The van der Waals surface area contributed by atoms with Gasteiger partial charge in [-0.25, -0.2) is 9.48 Å². The summed E-state index contributed by atoms with van der Waals surface area (Å²) in [5, 5.41) is 4.10. The molecule has 0 amide bonds. The van der Waals surface area contributed by atoms with Gasteiger partial charge < -0.3 is 9.47 Å². The van der Waals surface area contributed by atoms with Crippen molar-refractivity contribution in [2.24, 2.45) is 0 Å². The first-order valence-corrected chi connectivity index (χ1v) is 10.2. The van der Waals surface area contributed by atoms with E-state index in [4.69, 9.17) is 4.74 Å². The van der Waals surface area contributed by atoms with Crippen LogP contribution in [-0.4, -0.2) is 37.5 Å². The molecule has 0 bridgehead atoms. The maximum atomic E-state index is 11.3. The highest BCUT2D eigenvalue weighted by Gasteiger charge is 2.16. The third-order valence-electron chi connectivity index (χ3n) is 2.32. The molecule has 1 rings (SSSR count). The van der Waals surface area contributed by atoms with Crippen molar-refractivity contribution in [1.82, 2.24) is 9.78 Å². The van der Waals surface area contributed by atoms with Crippen molar-refractivity contribution in [3.63, 3.8) is 0 Å². The first-order valence-electron chi connectivity index (χ1n) is 5.72. The first-order chi connectivity index (χ1) is 8.33. The number of ether oxygens (including phenoxy) is 2. The fourth-order valence-electron chi connectivity index (χ4n) is 1.23. The van der Waals surface area contributed by atoms with Gasteiger partial charge in [-0.05, 0) is 22.0 Å². The van der Waals surface area contributed by atoms with E-state index in [9.17, 15) is 4.79 Å². The third-order valence-corrected chi connectivity index (χ3v) is 4.60. The Hall–Kier alpha value is -0.663. The summed E-state index contributed by atoms with van der Waals surface area (Å²) in [6, 6.07) is 1.11. The van der Waals surface area contributed by atoms with Gasteiger partial charge in [-0.15, -0.1) is 0 Å². The lowest BCUT2D eigenvalue weighted by Gasteiger charge is -2.15. The third kappa shape index (κ3) is 4.91. The Morgan fingerprint density at radius 2 is 2.17 bits per heavy atom. The standard InChI is InChI=1S/C11H19BrN2O3Si/c1-16-11(15)10-9(12)7-14(13-10)8-17-5-6-18(2,3)4/h7H,5-6,8H2,1-4H3. The van der Waals surface area contributed by atoms with Crippen LogP contribution < -0.4 is 0 Å². The van der Waals surface area contributed by atoms with Gasteiger partial charge in [0, 0.05) is 20.9 Å². The predicted molar refractivity (Wildman–Crippen MR) is 75.4 cm³/mol. The quantitative estimate of drug-likeness (QED) is 0.456. The molecule has 5 nitrogen and oxygen atoms in total. The van der Waals surface area contributed by atoms with Crippen molar-refractivity contribution in [1.29, 1.82) is 0 Å². The highest BCUT2D eigenvalue weighted by atomic mass is 79.9. The molecule has 1 aromatic rings. The van der Waals surface area contributed by atoms with Crippen LogP contribution in [0.1, 0.15) is 10.5 Å². The van der Waals surface area contributed by atoms with E-state index in [0.29, 0.717) is 11.2 Å². The van der Waals surface area contributed by atoms with E-state index in [2.05, 4.69) is 45.4 Å². The summed E-state index contributed by atoms with van der Waals surface area (Å²) in [5.74, 6) is -0.456. The van der Waals surface area contributed by atoms with Crippen LogP contribution in [0.2, 0.25) is 25.7 Å². The highest BCUT2D eigenvalue weighted by Crippen LogP contribution is 2.16. The van der Waals surface area contributed by atoms with Crippen molar-refractivity contribution in [2.45, 2.75) is 32.4 Å². The molecule has 18 heavy (non-hydrogen) atoms. The van der Waals surface area contributed by atoms with Gasteiger partial charge in [0.05, 0.1) is 11.6 Å². The van der Waals surface area contributed by atoms with Gasteiger partial charge in [-0.1, -0.05) is 19.6 Å². The van der Waals surface area contributed by atoms with Gasteiger partial charge in [-0.3, -0.25) is 0 Å². The second-order valence-electron chi connectivity index (χ2n) is 5.20. The van der Waals surface area contributed by atoms with Crippen molar-refractivity contribution in [3.8, 4) is 0 Å². The molecule has 102 valence electrons. The van der Waals surface area contributed by atoms with Gasteiger partial charge in [0.1, 0.15) is 6.73 Å². The number of carbonyl (C=O) groups excluding carboxylic acids is 1. The molecule has 0 aliphatic heterocycles. The molecule has 0 radical (unpaired) electrons. The molecular formula is C11H19BrN2O3Si. The molecule has 1 aromatic heterocycles. The highest BCUT2D eigenvalue weighted by molar-refractivity contribution is 9.10. The summed E-state index contributed by atoms with van der Waals surface area (Å²) in [4.78, 5) is 11.3. The molecule has 0 fully saturated rings. The fourth-order valence-corrected chi connectivity index (χ4v) is 2.47. The predicted octanol–water partition coefficient (Wildman–Crippen LogP) is 2.74. The largest absolute Gasteiger partial charge is 0.464 e. The monoisotopic (exact) mass is 334 g/mol. The Bertz CT molecular complexity index is 415. The molecule has 0 saturated carbocycles. The number of carbonyl (C=O) groups is 1. The molecule has 0 aromatic carbocycles. The number of methoxy groups -OCH3 is 1. The molecule has 7 heteroatoms. The Kier molecular flexibility index (Phi) is 5.55. The summed E-state index contributed by atoms with van der Waals surface area (Å²) in [7, 11) is 0.269. The fraction of sp³-hybridized carbons (Fsp3) is 0.636. The number of halogens is 1. The molecule has 0 spiro atoms. The van der Waals surface area contributed by atoms with Crippen LogP contribution in [0.25, 0.3) is 0 Å². The van der Waals surface area contributed by atoms with Crippen molar-refractivity contribution in [3.05, 3.63) is 16.4 Å². The smallest absolute Gasteiger partial charge is 0.359 e. The van der Waals surface area contributed by atoms with Crippen LogP contribution in [-0.2, 0) is 16.2 Å². The summed E-state index contributed by atoms with van der Waals surface area (Å²) in [5.41, 5.74) is 0.270. The van der Waals surface area contributed by atoms with Crippen LogP contribution >= 0.6 is 15.9 Å². The maximum absolute atomic E-state index is 11.3. The number of nitrogens with zero attached hydrogens (tertiary/aromatic N) is 2. The normalized spacial score (nSPS) is 11.6. The number of esters is 1. The number of aromatic nitrogens is 2. The molecular weight excluding hydrogens is 316 g/mol. The summed E-state index contributed by atoms with van der Waals surface area (Å²) in [6.07, 6.45) is 1.71. The van der Waals surface area contributed by atoms with Crippen LogP contribution in [0.3, 0.4) is 0 Å². The Morgan fingerprint density at radius 3 is 2.72 bits per heavy atom. The molecule has 0 aliphatic rings. The summed E-state index contributed by atoms with van der Waals surface area (Å²) in [6.45, 7) is 7.98. The van der Waals surface area contributed by atoms with Crippen LogP contribution in [0, 0.1) is 0 Å². The van der Waals surface area contributed by atoms with E-state index in [1.54, 1.807) is 10.9 Å². The molecule has 0 aliphatic carbocycles. The Balaban J connectivity index is 2.47. The summed E-state index contributed by atoms with van der Waals surface area (Å²) < 4.78 is 12.4. The zero-order valence-corrected chi connectivity index (χ0v) is 13.8. The minimum Gasteiger partial charge on any atom is -0.464 e. The topological polar surface area (TPSA) is 53.3 Å². The van der Waals surface area contributed by atoms with Crippen molar-refractivity contribution >= 4 is 30.0 Å². The lowest BCUT2D eigenvalue weighted by molar-refractivity contribution is 0.0582. The van der Waals surface area contributed by atoms with Gasteiger partial charge in [0.15, 0.2) is 5.69 Å². The van der Waals surface area contributed by atoms with E-state index in [-0.39, 0.29) is 5.69 Å². The van der Waals surface area contributed by atoms with E-state index >= 15 is 0 Å². The van der Waals surface area contributed by atoms with Gasteiger partial charge in [-0.2, -0.15) is 5.10 Å². The second-order valence-corrected chi connectivity index (χ2v) is 11.7. The Morgan fingerprint density at radius 1 is 1.50 bits per heavy atom. The van der Waals surface area contributed by atoms with Crippen LogP contribution in [0.5, 0.6) is 0 Å². The summed E-state index contributed by atoms with van der Waals surface area (Å²) >= 11 is 3.27. The van der Waals surface area contributed by atoms with E-state index in [1.165, 1.54) is 7.11 Å². The molecule has 0 N–H and O–H groups in total. The molecule has 0 atom stereocenters. The van der Waals surface area contributed by atoms with Crippen molar-refractivity contribution in [2.75, 3.05) is 13.7 Å². The lowest BCUT2D eigenvalue weighted by atomic mass is 10.4. The SMILES string of the molecule is COC(=O)c1nn(COCC[Si](C)(C)C)cc1Br. The average Bonchev–Trinajstić information content (AvgIpc) is 2.64. The maximum Gasteiger partial charge on any atom is 0.359 e. The molecule has 0 saturated heterocycles. The van der Waals surface area contributed by atoms with Gasteiger partial charge in [0.2, 0.25) is 0 Å². The van der Waals surface area contributed by atoms with E-state index in [1.807, 2.05) is 0 Å². The van der Waals surface area contributed by atoms with Crippen LogP contribution in [0.15, 0.2) is 10.7 Å². The molecule has 1 heterocycles. The molecule has 0 unspecified atom stereocenters. The first kappa shape index (κ1) is 15.4. The number of hydrogen-bond acceptors (Lipinski definition) is 4. The zero-order chi connectivity index (χ0) is 13.8. The van der Waals surface area contributed by atoms with Crippen molar-refractivity contribution < 1.29 is 14.3 Å². The second kappa shape index (κ2) is 6.49. The Labute approximate surface area is 117 Å². The van der Waals surface area contributed by atoms with E-state index < -0.39 is 14.0 Å². The minimum atomic E-state index is -1.06. The number of rotatable bonds is 6. The van der Waals surface area contributed by atoms with Gasteiger partial charge >= 0.3 is 5.97 Å². The van der Waals surface area contributed by atoms with Gasteiger partial charge in [0.25, 0.3) is 0 Å². The number of hydrogen-bond donors (Lipinski definition) is 0. The van der Waals surface area contributed by atoms with Crippen LogP contribution in [0.4, 0.5) is 0 Å². The minimum absolute atomic E-state index is 0.270. The average molecular weight is 335 g/mol.